The summed E-state index contributed by atoms with van der Waals surface area (Å²) in [6, 6.07) is 12.4. The second-order valence-corrected chi connectivity index (χ2v) is 7.07. The van der Waals surface area contributed by atoms with Gasteiger partial charge in [0.2, 0.25) is 0 Å². The van der Waals surface area contributed by atoms with Crippen molar-refractivity contribution in [1.29, 1.82) is 0 Å². The number of ether oxygens (including phenoxy) is 3. The van der Waals surface area contributed by atoms with Gasteiger partial charge < -0.3 is 24.8 Å². The molecule has 0 amide bonds. The molecular weight excluding hydrogens is 416 g/mol. The summed E-state index contributed by atoms with van der Waals surface area (Å²) in [6.07, 6.45) is 0.220. The Morgan fingerprint density at radius 1 is 1.07 bits per heavy atom. The van der Waals surface area contributed by atoms with E-state index in [1.54, 1.807) is 18.3 Å². The Kier molecular flexibility index (Phi) is 5.53. The third kappa shape index (κ3) is 4.20. The quantitative estimate of drug-likeness (QED) is 0.610. The Morgan fingerprint density at radius 3 is 2.73 bits per heavy atom. The predicted molar refractivity (Wildman–Crippen MR) is 111 cm³/mol. The molecule has 6 nitrogen and oxygen atoms in total. The maximum Gasteiger partial charge on any atom is 0.586 e. The van der Waals surface area contributed by atoms with Crippen LogP contribution in [-0.4, -0.2) is 30.5 Å². The molecule has 2 aromatic carbocycles. The lowest BCUT2D eigenvalue weighted by atomic mass is 10.1. The Morgan fingerprint density at radius 2 is 1.90 bits per heavy atom. The number of halogens is 3. The molecule has 0 saturated carbocycles. The topological polar surface area (TPSA) is 64.6 Å². The highest BCUT2D eigenvalue weighted by molar-refractivity contribution is 5.86. The number of nitrogens with zero attached hydrogens (tertiary/aromatic N) is 1. The van der Waals surface area contributed by atoms with Crippen LogP contribution in [-0.2, 0) is 0 Å². The number of piperidine rings is 1. The molecule has 0 unspecified atom stereocenters. The van der Waals surface area contributed by atoms with E-state index in [-0.39, 0.29) is 30.0 Å². The molecule has 0 aliphatic carbocycles. The van der Waals surface area contributed by atoms with Crippen molar-refractivity contribution in [2.24, 2.45) is 0 Å². The van der Waals surface area contributed by atoms with Crippen LogP contribution in [0.5, 0.6) is 17.2 Å². The van der Waals surface area contributed by atoms with Crippen molar-refractivity contribution in [2.75, 3.05) is 18.4 Å². The van der Waals surface area contributed by atoms with Gasteiger partial charge in [-0.05, 0) is 67.7 Å². The number of benzene rings is 2. The molecule has 0 atom stereocenters. The standard InChI is InChI=1S/C21H19F2N3O3.ClH/c22-21(23)28-18-3-1-2-17(20(18)29-21)26-19-11-14-10-16(5-4-13(14)12-25-19)27-15-6-8-24-9-7-15;/h1-5,10-12,15,24H,6-9H2,(H,25,26);1H. The van der Waals surface area contributed by atoms with Crippen LogP contribution in [0.25, 0.3) is 10.8 Å². The van der Waals surface area contributed by atoms with E-state index >= 15 is 0 Å². The molecule has 0 bridgehead atoms. The van der Waals surface area contributed by atoms with Crippen molar-refractivity contribution in [3.05, 3.63) is 48.7 Å². The van der Waals surface area contributed by atoms with Crippen LogP contribution in [0.3, 0.4) is 0 Å². The maximum atomic E-state index is 13.4. The fourth-order valence-corrected chi connectivity index (χ4v) is 3.57. The van der Waals surface area contributed by atoms with Gasteiger partial charge in [-0.2, -0.15) is 0 Å². The van der Waals surface area contributed by atoms with E-state index in [4.69, 9.17) is 4.74 Å². The molecule has 2 N–H and O–H groups in total. The van der Waals surface area contributed by atoms with Crippen molar-refractivity contribution in [1.82, 2.24) is 10.3 Å². The molecule has 1 aromatic heterocycles. The molecule has 9 heteroatoms. The van der Waals surface area contributed by atoms with Gasteiger partial charge >= 0.3 is 6.29 Å². The van der Waals surface area contributed by atoms with E-state index in [2.05, 4.69) is 25.1 Å². The van der Waals surface area contributed by atoms with E-state index in [9.17, 15) is 8.78 Å². The Bertz CT molecular complexity index is 1060. The van der Waals surface area contributed by atoms with Gasteiger partial charge in [-0.3, -0.25) is 0 Å². The molecule has 0 radical (unpaired) electrons. The third-order valence-corrected chi connectivity index (χ3v) is 4.97. The molecule has 1 fully saturated rings. The summed E-state index contributed by atoms with van der Waals surface area (Å²) in [4.78, 5) is 4.37. The number of alkyl halides is 2. The SMILES string of the molecule is Cl.FC1(F)Oc2cccc(Nc3cc4cc(OC5CCNCC5)ccc4cn3)c2O1. The maximum absolute atomic E-state index is 13.4. The molecule has 3 heterocycles. The smallest absolute Gasteiger partial charge is 0.490 e. The molecule has 1 saturated heterocycles. The number of pyridine rings is 1. The van der Waals surface area contributed by atoms with Gasteiger partial charge in [-0.25, -0.2) is 4.98 Å². The van der Waals surface area contributed by atoms with E-state index in [1.165, 1.54) is 6.07 Å². The molecule has 158 valence electrons. The van der Waals surface area contributed by atoms with Gasteiger partial charge in [-0.15, -0.1) is 21.2 Å². The summed E-state index contributed by atoms with van der Waals surface area (Å²) in [5, 5.41) is 8.25. The third-order valence-electron chi connectivity index (χ3n) is 4.97. The van der Waals surface area contributed by atoms with Gasteiger partial charge in [0.25, 0.3) is 0 Å². The van der Waals surface area contributed by atoms with Crippen LogP contribution >= 0.6 is 12.4 Å². The molecule has 30 heavy (non-hydrogen) atoms. The van der Waals surface area contributed by atoms with Crippen LogP contribution in [0.15, 0.2) is 48.7 Å². The van der Waals surface area contributed by atoms with E-state index in [1.807, 2.05) is 24.3 Å². The van der Waals surface area contributed by atoms with Gasteiger partial charge in [0.15, 0.2) is 11.5 Å². The number of anilines is 2. The average molecular weight is 436 g/mol. The molecule has 0 spiro atoms. The number of hydrogen-bond acceptors (Lipinski definition) is 6. The zero-order valence-electron chi connectivity index (χ0n) is 15.9. The Balaban J connectivity index is 0.00000218. The first kappa shape index (κ1) is 20.4. The monoisotopic (exact) mass is 435 g/mol. The van der Waals surface area contributed by atoms with E-state index < -0.39 is 6.29 Å². The second-order valence-electron chi connectivity index (χ2n) is 7.07. The summed E-state index contributed by atoms with van der Waals surface area (Å²) in [5.74, 6) is 1.25. The van der Waals surface area contributed by atoms with Crippen molar-refractivity contribution < 1.29 is 23.0 Å². The number of fused-ring (bicyclic) bond motifs is 2. The first-order chi connectivity index (χ1) is 14.1. The first-order valence-corrected chi connectivity index (χ1v) is 9.49. The second kappa shape index (κ2) is 8.12. The highest BCUT2D eigenvalue weighted by Crippen LogP contribution is 2.46. The Hall–Kier alpha value is -2.84. The summed E-state index contributed by atoms with van der Waals surface area (Å²) in [6.45, 7) is 1.92. The van der Waals surface area contributed by atoms with Crippen LogP contribution in [0.2, 0.25) is 0 Å². The number of para-hydroxylation sites is 1. The van der Waals surface area contributed by atoms with Gasteiger partial charge in [-0.1, -0.05) is 6.07 Å². The number of nitrogens with one attached hydrogen (secondary N) is 2. The molecular formula is C21H20ClF2N3O3. The minimum atomic E-state index is -3.67. The molecule has 3 aromatic rings. The fourth-order valence-electron chi connectivity index (χ4n) is 3.57. The molecule has 5 rings (SSSR count). The zero-order chi connectivity index (χ0) is 19.8. The first-order valence-electron chi connectivity index (χ1n) is 9.49. The van der Waals surface area contributed by atoms with E-state index in [0.29, 0.717) is 11.5 Å². The van der Waals surface area contributed by atoms with E-state index in [0.717, 1.165) is 42.5 Å². The molecule has 2 aliphatic heterocycles. The highest BCUT2D eigenvalue weighted by Gasteiger charge is 2.44. The number of rotatable bonds is 4. The van der Waals surface area contributed by atoms with Crippen LogP contribution < -0.4 is 24.8 Å². The van der Waals surface area contributed by atoms with Crippen molar-refractivity contribution in [3.8, 4) is 17.2 Å². The van der Waals surface area contributed by atoms with Gasteiger partial charge in [0, 0.05) is 11.6 Å². The lowest BCUT2D eigenvalue weighted by Crippen LogP contribution is -2.34. The lowest BCUT2D eigenvalue weighted by molar-refractivity contribution is -0.286. The van der Waals surface area contributed by atoms with Crippen LogP contribution in [0, 0.1) is 0 Å². The normalized spacial score (nSPS) is 17.4. The highest BCUT2D eigenvalue weighted by atomic mass is 35.5. The van der Waals surface area contributed by atoms with Crippen molar-refractivity contribution in [2.45, 2.75) is 25.2 Å². The van der Waals surface area contributed by atoms with Gasteiger partial charge in [0.05, 0.1) is 5.69 Å². The van der Waals surface area contributed by atoms with Crippen LogP contribution in [0.4, 0.5) is 20.3 Å². The Labute approximate surface area is 177 Å². The minimum Gasteiger partial charge on any atom is -0.490 e. The largest absolute Gasteiger partial charge is 0.586 e. The number of aromatic nitrogens is 1. The van der Waals surface area contributed by atoms with Crippen molar-refractivity contribution in [3.63, 3.8) is 0 Å². The average Bonchev–Trinajstić information content (AvgIpc) is 3.03. The fraction of sp³-hybridized carbons (Fsp3) is 0.286. The zero-order valence-corrected chi connectivity index (χ0v) is 16.7. The summed E-state index contributed by atoms with van der Waals surface area (Å²) >= 11 is 0. The summed E-state index contributed by atoms with van der Waals surface area (Å²) in [7, 11) is 0. The van der Waals surface area contributed by atoms with Gasteiger partial charge in [0.1, 0.15) is 17.7 Å². The number of hydrogen-bond donors (Lipinski definition) is 2. The minimum absolute atomic E-state index is 0. The van der Waals surface area contributed by atoms with Crippen LogP contribution in [0.1, 0.15) is 12.8 Å². The summed E-state index contributed by atoms with van der Waals surface area (Å²) in [5.41, 5.74) is 0.355. The summed E-state index contributed by atoms with van der Waals surface area (Å²) < 4.78 is 42.0. The molecule has 2 aliphatic rings. The van der Waals surface area contributed by atoms with Crippen molar-refractivity contribution >= 4 is 34.7 Å². The predicted octanol–water partition coefficient (Wildman–Crippen LogP) is 4.85. The lowest BCUT2D eigenvalue weighted by Gasteiger charge is -2.24.